The molecule has 0 saturated heterocycles. The summed E-state index contributed by atoms with van der Waals surface area (Å²) >= 11 is 0. The minimum atomic E-state index is -0.393. The van der Waals surface area contributed by atoms with Gasteiger partial charge < -0.3 is 10.1 Å². The Morgan fingerprint density at radius 1 is 0.794 bits per heavy atom. The smallest absolute Gasteiger partial charge is 0.407 e. The van der Waals surface area contributed by atoms with Gasteiger partial charge in [-0.1, -0.05) is 91.0 Å². The van der Waals surface area contributed by atoms with E-state index >= 15 is 0 Å². The van der Waals surface area contributed by atoms with Crippen LogP contribution < -0.4 is 5.32 Å². The van der Waals surface area contributed by atoms with Crippen LogP contribution in [0.2, 0.25) is 0 Å². The topological polar surface area (TPSA) is 55.4 Å². The highest BCUT2D eigenvalue weighted by Gasteiger charge is 2.50. The lowest BCUT2D eigenvalue weighted by atomic mass is 9.58. The SMILES string of the molecule is C[C@@H](NC(=O)O[C@H]1C[C@@H](c2ccccc2)[C@@H]2C[C@@H]1[C@H](c1ccccc1)CC2=O)c1ccccc1. The number of ether oxygens (including phenoxy) is 1. The normalized spacial score (nSPS) is 27.0. The Balaban J connectivity index is 1.39. The molecule has 174 valence electrons. The molecule has 0 unspecified atom stereocenters. The minimum absolute atomic E-state index is 0.0153. The largest absolute Gasteiger partial charge is 0.446 e. The summed E-state index contributed by atoms with van der Waals surface area (Å²) in [5.41, 5.74) is 3.35. The molecule has 1 N–H and O–H groups in total. The van der Waals surface area contributed by atoms with E-state index in [0.29, 0.717) is 18.6 Å². The van der Waals surface area contributed by atoms with E-state index in [2.05, 4.69) is 29.6 Å². The van der Waals surface area contributed by atoms with E-state index in [1.54, 1.807) is 0 Å². The Morgan fingerprint density at radius 2 is 1.35 bits per heavy atom. The van der Waals surface area contributed by atoms with Crippen molar-refractivity contribution in [2.45, 2.75) is 50.2 Å². The predicted molar refractivity (Wildman–Crippen MR) is 132 cm³/mol. The van der Waals surface area contributed by atoms with Gasteiger partial charge in [-0.15, -0.1) is 0 Å². The molecule has 4 heteroatoms. The number of benzene rings is 3. The summed E-state index contributed by atoms with van der Waals surface area (Å²) in [6.07, 6.45) is 1.29. The number of Topliss-reactive ketones (excluding diaryl/α,β-unsaturated/α-hetero) is 1. The van der Waals surface area contributed by atoms with Gasteiger partial charge in [0.25, 0.3) is 0 Å². The van der Waals surface area contributed by atoms with E-state index in [0.717, 1.165) is 23.1 Å². The molecular formula is C30H31NO3. The van der Waals surface area contributed by atoms with Crippen LogP contribution in [0, 0.1) is 11.8 Å². The van der Waals surface area contributed by atoms with Crippen LogP contribution in [0.25, 0.3) is 0 Å². The maximum absolute atomic E-state index is 13.3. The predicted octanol–water partition coefficient (Wildman–Crippen LogP) is 6.41. The standard InChI is InChI=1S/C30H31NO3/c1-20(21-11-5-2-6-12-21)31-30(33)34-29-19-25(23-15-9-4-10-16-23)26-17-27(29)24(18-28(26)32)22-13-7-3-8-14-22/h2-16,20,24-27,29H,17-19H2,1H3,(H,31,33)/t20-,24+,25+,26+,27-,29+/m1/s1. The maximum atomic E-state index is 13.3. The third-order valence-electron chi connectivity index (χ3n) is 7.67. The molecule has 2 aliphatic carbocycles. The van der Waals surface area contributed by atoms with Gasteiger partial charge in [0.2, 0.25) is 0 Å². The zero-order chi connectivity index (χ0) is 23.5. The fourth-order valence-corrected chi connectivity index (χ4v) is 5.94. The van der Waals surface area contributed by atoms with Gasteiger partial charge in [-0.05, 0) is 48.3 Å². The average Bonchev–Trinajstić information content (AvgIpc) is 2.88. The summed E-state index contributed by atoms with van der Waals surface area (Å²) in [6, 6.07) is 30.2. The number of alkyl carbamates (subject to hydrolysis) is 1. The summed E-state index contributed by atoms with van der Waals surface area (Å²) in [5, 5.41) is 3.01. The van der Waals surface area contributed by atoms with Gasteiger partial charge in [-0.3, -0.25) is 4.79 Å². The molecule has 34 heavy (non-hydrogen) atoms. The summed E-state index contributed by atoms with van der Waals surface area (Å²) in [5.74, 6) is 0.595. The molecule has 2 bridgehead atoms. The van der Waals surface area contributed by atoms with Gasteiger partial charge in [-0.25, -0.2) is 4.79 Å². The van der Waals surface area contributed by atoms with E-state index in [4.69, 9.17) is 4.74 Å². The number of amides is 1. The quantitative estimate of drug-likeness (QED) is 0.486. The third-order valence-corrected chi connectivity index (χ3v) is 7.67. The molecule has 1 amide bonds. The van der Waals surface area contributed by atoms with Crippen molar-refractivity contribution in [1.29, 1.82) is 0 Å². The lowest BCUT2D eigenvalue weighted by Gasteiger charge is -2.47. The minimum Gasteiger partial charge on any atom is -0.446 e. The van der Waals surface area contributed by atoms with Crippen LogP contribution in [0.5, 0.6) is 0 Å². The molecule has 4 nitrogen and oxygen atoms in total. The van der Waals surface area contributed by atoms with Crippen LogP contribution >= 0.6 is 0 Å². The van der Waals surface area contributed by atoms with E-state index in [1.165, 1.54) is 0 Å². The highest BCUT2D eigenvalue weighted by atomic mass is 16.6. The van der Waals surface area contributed by atoms with Crippen molar-refractivity contribution in [3.63, 3.8) is 0 Å². The van der Waals surface area contributed by atoms with Gasteiger partial charge in [-0.2, -0.15) is 0 Å². The number of fused-ring (bicyclic) bond motifs is 2. The molecule has 0 spiro atoms. The van der Waals surface area contributed by atoms with Crippen LogP contribution in [0.4, 0.5) is 4.79 Å². The molecule has 6 atom stereocenters. The Bertz CT molecular complexity index is 1080. The molecule has 5 rings (SSSR count). The van der Waals surface area contributed by atoms with Crippen LogP contribution in [-0.2, 0) is 9.53 Å². The summed E-state index contributed by atoms with van der Waals surface area (Å²) in [4.78, 5) is 26.3. The van der Waals surface area contributed by atoms with Gasteiger partial charge in [0.05, 0.1) is 6.04 Å². The van der Waals surface area contributed by atoms with E-state index < -0.39 is 6.09 Å². The molecule has 2 saturated carbocycles. The van der Waals surface area contributed by atoms with Gasteiger partial charge >= 0.3 is 6.09 Å². The second-order valence-electron chi connectivity index (χ2n) is 9.67. The zero-order valence-corrected chi connectivity index (χ0v) is 19.5. The summed E-state index contributed by atoms with van der Waals surface area (Å²) in [7, 11) is 0. The summed E-state index contributed by atoms with van der Waals surface area (Å²) in [6.45, 7) is 1.96. The number of hydrogen-bond donors (Lipinski definition) is 1. The van der Waals surface area contributed by atoms with E-state index in [9.17, 15) is 9.59 Å². The second kappa shape index (κ2) is 9.84. The first-order valence-electron chi connectivity index (χ1n) is 12.2. The molecule has 3 aromatic rings. The van der Waals surface area contributed by atoms with Crippen LogP contribution in [0.15, 0.2) is 91.0 Å². The van der Waals surface area contributed by atoms with Crippen molar-refractivity contribution in [3.8, 4) is 0 Å². The number of carbonyl (C=O) groups excluding carboxylic acids is 2. The fourth-order valence-electron chi connectivity index (χ4n) is 5.94. The van der Waals surface area contributed by atoms with Crippen molar-refractivity contribution in [2.24, 2.45) is 11.8 Å². The van der Waals surface area contributed by atoms with Crippen molar-refractivity contribution in [3.05, 3.63) is 108 Å². The lowest BCUT2D eigenvalue weighted by Crippen LogP contribution is -2.48. The Labute approximate surface area is 201 Å². The first-order valence-corrected chi connectivity index (χ1v) is 12.2. The molecule has 0 radical (unpaired) electrons. The second-order valence-corrected chi connectivity index (χ2v) is 9.67. The van der Waals surface area contributed by atoms with E-state index in [-0.39, 0.29) is 35.8 Å². The molecule has 0 heterocycles. The number of rotatable bonds is 5. The first-order chi connectivity index (χ1) is 16.6. The van der Waals surface area contributed by atoms with Gasteiger partial charge in [0, 0.05) is 18.3 Å². The average molecular weight is 454 g/mol. The van der Waals surface area contributed by atoms with Crippen LogP contribution in [-0.4, -0.2) is 18.0 Å². The fraction of sp³-hybridized carbons (Fsp3) is 0.333. The number of nitrogens with one attached hydrogen (secondary N) is 1. The van der Waals surface area contributed by atoms with Crippen molar-refractivity contribution in [1.82, 2.24) is 5.32 Å². The molecule has 0 aromatic heterocycles. The Kier molecular flexibility index (Phi) is 6.48. The van der Waals surface area contributed by atoms with Crippen LogP contribution in [0.1, 0.15) is 60.8 Å². The third kappa shape index (κ3) is 4.63. The van der Waals surface area contributed by atoms with Gasteiger partial charge in [0.15, 0.2) is 0 Å². The zero-order valence-electron chi connectivity index (χ0n) is 19.5. The number of ketones is 1. The van der Waals surface area contributed by atoms with Gasteiger partial charge in [0.1, 0.15) is 11.9 Å². The van der Waals surface area contributed by atoms with Crippen molar-refractivity contribution >= 4 is 11.9 Å². The number of carbonyl (C=O) groups is 2. The highest BCUT2D eigenvalue weighted by Crippen LogP contribution is 2.52. The first kappa shape index (κ1) is 22.4. The van der Waals surface area contributed by atoms with Crippen LogP contribution in [0.3, 0.4) is 0 Å². The highest BCUT2D eigenvalue weighted by molar-refractivity contribution is 5.84. The molecule has 2 fully saturated rings. The molecule has 2 aliphatic rings. The molecule has 3 aromatic carbocycles. The van der Waals surface area contributed by atoms with Crippen molar-refractivity contribution in [2.75, 3.05) is 0 Å². The maximum Gasteiger partial charge on any atom is 0.407 e. The van der Waals surface area contributed by atoms with E-state index in [1.807, 2.05) is 73.7 Å². The Morgan fingerprint density at radius 3 is 1.97 bits per heavy atom. The number of hydrogen-bond acceptors (Lipinski definition) is 3. The monoisotopic (exact) mass is 453 g/mol. The lowest BCUT2D eigenvalue weighted by molar-refractivity contribution is -0.132. The molecule has 0 aliphatic heterocycles. The Hall–Kier alpha value is -3.40. The molecular weight excluding hydrogens is 422 g/mol. The van der Waals surface area contributed by atoms with Crippen molar-refractivity contribution < 1.29 is 14.3 Å². The summed E-state index contributed by atoms with van der Waals surface area (Å²) < 4.78 is 6.15.